The summed E-state index contributed by atoms with van der Waals surface area (Å²) in [6.07, 6.45) is 3.34. The Bertz CT molecular complexity index is 587. The first-order valence-electron chi connectivity index (χ1n) is 7.31. The molecule has 1 aromatic rings. The van der Waals surface area contributed by atoms with Gasteiger partial charge in [-0.1, -0.05) is 6.42 Å². The number of nitrogens with two attached hydrogens (primary N) is 1. The molecule has 1 aromatic heterocycles. The van der Waals surface area contributed by atoms with Crippen molar-refractivity contribution >= 4 is 18.3 Å². The summed E-state index contributed by atoms with van der Waals surface area (Å²) < 4.78 is 0. The zero-order valence-electron chi connectivity index (χ0n) is 12.2. The van der Waals surface area contributed by atoms with Crippen molar-refractivity contribution in [3.63, 3.8) is 0 Å². The maximum absolute atomic E-state index is 12.5. The van der Waals surface area contributed by atoms with E-state index in [9.17, 15) is 9.59 Å². The number of pyridine rings is 1. The summed E-state index contributed by atoms with van der Waals surface area (Å²) in [7, 11) is 0. The summed E-state index contributed by atoms with van der Waals surface area (Å²) in [5.41, 5.74) is 6.87. The number of fused-ring (bicyclic) bond motifs is 1. The van der Waals surface area contributed by atoms with E-state index in [4.69, 9.17) is 5.73 Å². The van der Waals surface area contributed by atoms with Gasteiger partial charge < -0.3 is 15.6 Å². The van der Waals surface area contributed by atoms with Crippen LogP contribution in [-0.4, -0.2) is 34.9 Å². The lowest BCUT2D eigenvalue weighted by Gasteiger charge is -2.29. The summed E-state index contributed by atoms with van der Waals surface area (Å²) >= 11 is 0. The van der Waals surface area contributed by atoms with Crippen molar-refractivity contribution in [3.05, 3.63) is 33.7 Å². The summed E-state index contributed by atoms with van der Waals surface area (Å²) in [6.45, 7) is 3.24. The van der Waals surface area contributed by atoms with Gasteiger partial charge in [-0.25, -0.2) is 0 Å². The van der Waals surface area contributed by atoms with Gasteiger partial charge in [0, 0.05) is 24.8 Å². The average molecular weight is 312 g/mol. The zero-order valence-corrected chi connectivity index (χ0v) is 13.0. The summed E-state index contributed by atoms with van der Waals surface area (Å²) in [4.78, 5) is 28.9. The lowest BCUT2D eigenvalue weighted by Crippen LogP contribution is -2.39. The van der Waals surface area contributed by atoms with E-state index < -0.39 is 0 Å². The third-order valence-corrected chi connectivity index (χ3v) is 4.73. The molecule has 0 radical (unpaired) electrons. The summed E-state index contributed by atoms with van der Waals surface area (Å²) in [6, 6.07) is 3.59. The number of nitrogens with zero attached hydrogens (tertiary/aromatic N) is 1. The molecule has 6 heteroatoms. The number of carbonyl (C=O) groups excluding carboxylic acids is 1. The Morgan fingerprint density at radius 1 is 1.33 bits per heavy atom. The molecule has 0 aromatic carbocycles. The Kier molecular flexibility index (Phi) is 4.74. The Labute approximate surface area is 130 Å². The van der Waals surface area contributed by atoms with Crippen LogP contribution in [0.25, 0.3) is 0 Å². The molecule has 1 amide bonds. The quantitative estimate of drug-likeness (QED) is 0.820. The highest BCUT2D eigenvalue weighted by atomic mass is 35.5. The van der Waals surface area contributed by atoms with Crippen molar-refractivity contribution in [2.75, 3.05) is 13.1 Å². The van der Waals surface area contributed by atoms with E-state index in [0.29, 0.717) is 18.4 Å². The van der Waals surface area contributed by atoms with Crippen LogP contribution < -0.4 is 11.3 Å². The lowest BCUT2D eigenvalue weighted by molar-refractivity contribution is 0.0781. The van der Waals surface area contributed by atoms with E-state index in [1.807, 2.05) is 0 Å². The van der Waals surface area contributed by atoms with Gasteiger partial charge >= 0.3 is 0 Å². The number of carbonyl (C=O) groups is 1. The highest BCUT2D eigenvalue weighted by Gasteiger charge is 2.40. The monoisotopic (exact) mass is 311 g/mol. The molecule has 1 saturated heterocycles. The van der Waals surface area contributed by atoms with Gasteiger partial charge in [0.05, 0.1) is 0 Å². The van der Waals surface area contributed by atoms with Crippen LogP contribution in [0.5, 0.6) is 0 Å². The predicted octanol–water partition coefficient (Wildman–Crippen LogP) is 1.30. The highest BCUT2D eigenvalue weighted by Crippen LogP contribution is 2.35. The van der Waals surface area contributed by atoms with Crippen LogP contribution in [0, 0.1) is 18.8 Å². The fourth-order valence-electron chi connectivity index (χ4n) is 3.59. The molecule has 3 rings (SSSR count). The minimum atomic E-state index is -0.297. The minimum absolute atomic E-state index is 0. The van der Waals surface area contributed by atoms with Gasteiger partial charge in [-0.05, 0) is 43.7 Å². The minimum Gasteiger partial charge on any atom is -0.338 e. The standard InChI is InChI=1S/C15H21N3O2.ClH/c1-9-5-6-11(14(19)17-9)15(20)18-7-10-3-2-4-13(16)12(10)8-18;/h5-6,10,12-13H,2-4,7-8,16H2,1H3,(H,17,19);1H. The Morgan fingerprint density at radius 3 is 2.76 bits per heavy atom. The molecular weight excluding hydrogens is 290 g/mol. The van der Waals surface area contributed by atoms with E-state index in [2.05, 4.69) is 4.98 Å². The first-order chi connectivity index (χ1) is 9.56. The number of aromatic amines is 1. The van der Waals surface area contributed by atoms with Crippen molar-refractivity contribution < 1.29 is 4.79 Å². The van der Waals surface area contributed by atoms with Gasteiger partial charge in [-0.15, -0.1) is 12.4 Å². The number of hydrogen-bond donors (Lipinski definition) is 2. The van der Waals surface area contributed by atoms with Gasteiger partial charge in [0.25, 0.3) is 11.5 Å². The molecule has 5 nitrogen and oxygen atoms in total. The Balaban J connectivity index is 0.00000161. The maximum Gasteiger partial charge on any atom is 0.260 e. The van der Waals surface area contributed by atoms with Gasteiger partial charge in [-0.2, -0.15) is 0 Å². The molecule has 3 unspecified atom stereocenters. The van der Waals surface area contributed by atoms with E-state index in [1.165, 1.54) is 0 Å². The predicted molar refractivity (Wildman–Crippen MR) is 83.8 cm³/mol. The van der Waals surface area contributed by atoms with Crippen molar-refractivity contribution in [1.29, 1.82) is 0 Å². The topological polar surface area (TPSA) is 79.2 Å². The van der Waals surface area contributed by atoms with Crippen LogP contribution in [0.15, 0.2) is 16.9 Å². The summed E-state index contributed by atoms with van der Waals surface area (Å²) in [5, 5.41) is 0. The fourth-order valence-corrected chi connectivity index (χ4v) is 3.59. The molecule has 3 N–H and O–H groups in total. The normalized spacial score (nSPS) is 27.9. The number of likely N-dealkylation sites (tertiary alicyclic amines) is 1. The fraction of sp³-hybridized carbons (Fsp3) is 0.600. The van der Waals surface area contributed by atoms with Crippen LogP contribution in [0.1, 0.15) is 35.3 Å². The van der Waals surface area contributed by atoms with E-state index in [1.54, 1.807) is 24.0 Å². The average Bonchev–Trinajstić information content (AvgIpc) is 2.83. The third kappa shape index (κ3) is 2.99. The third-order valence-electron chi connectivity index (χ3n) is 4.73. The van der Waals surface area contributed by atoms with Gasteiger partial charge in [0.1, 0.15) is 5.56 Å². The van der Waals surface area contributed by atoms with E-state index in [0.717, 1.165) is 31.5 Å². The van der Waals surface area contributed by atoms with Crippen LogP contribution in [0.2, 0.25) is 0 Å². The molecule has 2 fully saturated rings. The molecule has 1 aliphatic carbocycles. The second-order valence-corrected chi connectivity index (χ2v) is 6.11. The van der Waals surface area contributed by atoms with E-state index in [-0.39, 0.29) is 35.5 Å². The number of hydrogen-bond acceptors (Lipinski definition) is 3. The Hall–Kier alpha value is -1.33. The molecule has 1 saturated carbocycles. The van der Waals surface area contributed by atoms with Crippen LogP contribution in [0.4, 0.5) is 0 Å². The van der Waals surface area contributed by atoms with Crippen molar-refractivity contribution in [3.8, 4) is 0 Å². The number of H-pyrrole nitrogens is 1. The lowest BCUT2D eigenvalue weighted by atomic mass is 9.78. The highest BCUT2D eigenvalue weighted by molar-refractivity contribution is 5.94. The smallest absolute Gasteiger partial charge is 0.260 e. The van der Waals surface area contributed by atoms with Crippen LogP contribution >= 0.6 is 12.4 Å². The second kappa shape index (κ2) is 6.20. The molecule has 116 valence electrons. The largest absolute Gasteiger partial charge is 0.338 e. The number of aryl methyl sites for hydroxylation is 1. The van der Waals surface area contributed by atoms with Crippen molar-refractivity contribution in [2.45, 2.75) is 32.2 Å². The number of nitrogens with one attached hydrogen (secondary N) is 1. The second-order valence-electron chi connectivity index (χ2n) is 6.11. The van der Waals surface area contributed by atoms with Crippen molar-refractivity contribution in [1.82, 2.24) is 9.88 Å². The number of rotatable bonds is 1. The first-order valence-corrected chi connectivity index (χ1v) is 7.31. The van der Waals surface area contributed by atoms with E-state index >= 15 is 0 Å². The number of amides is 1. The molecule has 21 heavy (non-hydrogen) atoms. The molecule has 2 heterocycles. The number of halogens is 1. The number of aromatic nitrogens is 1. The zero-order chi connectivity index (χ0) is 14.3. The van der Waals surface area contributed by atoms with Gasteiger partial charge in [0.2, 0.25) is 0 Å². The summed E-state index contributed by atoms with van der Waals surface area (Å²) in [5.74, 6) is 0.748. The molecule has 0 bridgehead atoms. The molecule has 1 aliphatic heterocycles. The van der Waals surface area contributed by atoms with Crippen molar-refractivity contribution in [2.24, 2.45) is 17.6 Å². The molecular formula is C15H22ClN3O2. The van der Waals surface area contributed by atoms with Gasteiger partial charge in [-0.3, -0.25) is 9.59 Å². The van der Waals surface area contributed by atoms with Gasteiger partial charge in [0.15, 0.2) is 0 Å². The Morgan fingerprint density at radius 2 is 2.10 bits per heavy atom. The maximum atomic E-state index is 12.5. The van der Waals surface area contributed by atoms with Crippen LogP contribution in [0.3, 0.4) is 0 Å². The molecule has 3 atom stereocenters. The SMILES string of the molecule is Cc1ccc(C(=O)N2CC3CCCC(N)C3C2)c(=O)[nH]1.Cl. The first kappa shape index (κ1) is 16.0. The van der Waals surface area contributed by atoms with Crippen LogP contribution in [-0.2, 0) is 0 Å². The molecule has 2 aliphatic rings. The molecule has 0 spiro atoms.